The highest BCUT2D eigenvalue weighted by Gasteiger charge is 2.18. The Bertz CT molecular complexity index is 929. The molecule has 1 heterocycles. The van der Waals surface area contributed by atoms with E-state index in [0.29, 0.717) is 19.6 Å². The molecule has 0 amide bonds. The Hall–Kier alpha value is -1.74. The Morgan fingerprint density at radius 1 is 0.882 bits per heavy atom. The smallest absolute Gasteiger partial charge is 0.317 e. The lowest BCUT2D eigenvalue weighted by Crippen LogP contribution is -2.28. The van der Waals surface area contributed by atoms with Gasteiger partial charge in [-0.2, -0.15) is 0 Å². The van der Waals surface area contributed by atoms with E-state index in [-0.39, 0.29) is 10.8 Å². The summed E-state index contributed by atoms with van der Waals surface area (Å²) in [6.45, 7) is 3.45. The summed E-state index contributed by atoms with van der Waals surface area (Å²) in [5, 5.41) is 9.26. The van der Waals surface area contributed by atoms with E-state index in [1.54, 1.807) is 17.0 Å². The zero-order valence-corrected chi connectivity index (χ0v) is 22.0. The van der Waals surface area contributed by atoms with Crippen LogP contribution in [0.3, 0.4) is 0 Å². The molecule has 0 spiro atoms. The second-order valence-corrected chi connectivity index (χ2v) is 12.0. The highest BCUT2D eigenvalue weighted by atomic mass is 32.2. The maximum Gasteiger partial charge on any atom is 0.317 e. The molecule has 6 nitrogen and oxygen atoms in total. The normalized spacial score (nSPS) is 11.8. The van der Waals surface area contributed by atoms with Crippen molar-refractivity contribution in [2.75, 3.05) is 13.1 Å². The minimum atomic E-state index is -3.53. The summed E-state index contributed by atoms with van der Waals surface area (Å²) in [6.07, 6.45) is 12.1. The number of benzene rings is 1. The van der Waals surface area contributed by atoms with Gasteiger partial charge >= 0.3 is 5.97 Å². The van der Waals surface area contributed by atoms with Gasteiger partial charge in [-0.05, 0) is 24.1 Å². The minimum Gasteiger partial charge on any atom is -0.480 e. The molecule has 0 saturated carbocycles. The predicted molar refractivity (Wildman–Crippen MR) is 140 cm³/mol. The van der Waals surface area contributed by atoms with Gasteiger partial charge in [0.2, 0.25) is 10.0 Å². The second kappa shape index (κ2) is 16.0. The van der Waals surface area contributed by atoms with Crippen molar-refractivity contribution in [3.05, 3.63) is 52.9 Å². The van der Waals surface area contributed by atoms with Crippen LogP contribution in [0.15, 0.2) is 46.7 Å². The van der Waals surface area contributed by atoms with E-state index in [9.17, 15) is 18.3 Å². The van der Waals surface area contributed by atoms with Crippen LogP contribution in [0.5, 0.6) is 0 Å². The number of sulfonamides is 1. The molecule has 0 aliphatic rings. The third-order valence-corrected chi connectivity index (χ3v) is 8.73. The van der Waals surface area contributed by atoms with Crippen LogP contribution in [0.1, 0.15) is 81.6 Å². The third-order valence-electron chi connectivity index (χ3n) is 5.71. The lowest BCUT2D eigenvalue weighted by atomic mass is 10.1. The van der Waals surface area contributed by atoms with Crippen molar-refractivity contribution < 1.29 is 18.3 Å². The van der Waals surface area contributed by atoms with Crippen LogP contribution in [0, 0.1) is 0 Å². The van der Waals surface area contributed by atoms with Gasteiger partial charge in [0.15, 0.2) is 0 Å². The molecule has 1 aromatic carbocycles. The van der Waals surface area contributed by atoms with Crippen molar-refractivity contribution in [1.82, 2.24) is 9.62 Å². The molecule has 0 fully saturated rings. The molecule has 0 unspecified atom stereocenters. The van der Waals surface area contributed by atoms with Crippen LogP contribution in [-0.4, -0.2) is 37.5 Å². The fraction of sp³-hybridized carbons (Fsp3) is 0.577. The number of carboxylic acid groups (broad SMARTS) is 1. The van der Waals surface area contributed by atoms with Crippen molar-refractivity contribution in [2.24, 2.45) is 0 Å². The number of aliphatic carboxylic acids is 1. The Morgan fingerprint density at radius 3 is 2.12 bits per heavy atom. The number of nitrogens with zero attached hydrogens (tertiary/aromatic N) is 1. The molecule has 0 radical (unpaired) electrons. The summed E-state index contributed by atoms with van der Waals surface area (Å²) in [4.78, 5) is 13.9. The van der Waals surface area contributed by atoms with Crippen LogP contribution < -0.4 is 4.72 Å². The monoisotopic (exact) mass is 508 g/mol. The van der Waals surface area contributed by atoms with E-state index in [1.807, 2.05) is 30.3 Å². The van der Waals surface area contributed by atoms with Gasteiger partial charge < -0.3 is 5.11 Å². The molecule has 0 saturated heterocycles. The first-order chi connectivity index (χ1) is 16.4. The molecule has 2 N–H and O–H groups in total. The summed E-state index contributed by atoms with van der Waals surface area (Å²) < 4.78 is 28.3. The number of carboxylic acids is 1. The van der Waals surface area contributed by atoms with Crippen molar-refractivity contribution in [3.63, 3.8) is 0 Å². The van der Waals surface area contributed by atoms with Gasteiger partial charge in [0.05, 0.1) is 6.54 Å². The SMILES string of the molecule is CCCCCCCCCCCCNS(=O)(=O)c1ccc(CN(CC(=O)O)Cc2ccccc2)s1. The fourth-order valence-corrected chi connectivity index (χ4v) is 6.42. The average molecular weight is 509 g/mol. The summed E-state index contributed by atoms with van der Waals surface area (Å²) >= 11 is 1.20. The minimum absolute atomic E-state index is 0.105. The molecular formula is C26H40N2O4S2. The van der Waals surface area contributed by atoms with Gasteiger partial charge in [0.1, 0.15) is 4.21 Å². The number of hydrogen-bond acceptors (Lipinski definition) is 5. The van der Waals surface area contributed by atoms with E-state index < -0.39 is 16.0 Å². The van der Waals surface area contributed by atoms with Crippen molar-refractivity contribution in [3.8, 4) is 0 Å². The number of unbranched alkanes of at least 4 members (excludes halogenated alkanes) is 9. The van der Waals surface area contributed by atoms with Crippen LogP contribution >= 0.6 is 11.3 Å². The zero-order chi connectivity index (χ0) is 24.7. The quantitative estimate of drug-likeness (QED) is 0.226. The van der Waals surface area contributed by atoms with Gasteiger partial charge in [0, 0.05) is 24.5 Å². The maximum absolute atomic E-state index is 12.7. The Kier molecular flexibility index (Phi) is 13.4. The number of nitrogens with one attached hydrogen (secondary N) is 1. The van der Waals surface area contributed by atoms with Crippen LogP contribution in [0.4, 0.5) is 0 Å². The molecule has 2 aromatic rings. The molecule has 190 valence electrons. The van der Waals surface area contributed by atoms with Crippen LogP contribution in [0.25, 0.3) is 0 Å². The molecule has 0 bridgehead atoms. The Balaban J connectivity index is 1.73. The maximum atomic E-state index is 12.7. The lowest BCUT2D eigenvalue weighted by molar-refractivity contribution is -0.138. The van der Waals surface area contributed by atoms with Crippen molar-refractivity contribution in [2.45, 2.75) is 88.4 Å². The first kappa shape index (κ1) is 28.5. The first-order valence-electron chi connectivity index (χ1n) is 12.5. The molecule has 1 aromatic heterocycles. The van der Waals surface area contributed by atoms with Crippen LogP contribution in [-0.2, 0) is 27.9 Å². The second-order valence-electron chi connectivity index (χ2n) is 8.82. The predicted octanol–water partition coefficient (Wildman–Crippen LogP) is 6.03. The summed E-state index contributed by atoms with van der Waals surface area (Å²) in [6, 6.07) is 13.1. The van der Waals surface area contributed by atoms with Gasteiger partial charge in [-0.3, -0.25) is 9.69 Å². The fourth-order valence-electron chi connectivity index (χ4n) is 3.90. The van der Waals surface area contributed by atoms with Gasteiger partial charge in [-0.15, -0.1) is 11.3 Å². The van der Waals surface area contributed by atoms with E-state index in [1.165, 1.54) is 56.3 Å². The number of thiophene rings is 1. The highest BCUT2D eigenvalue weighted by molar-refractivity contribution is 7.91. The van der Waals surface area contributed by atoms with Gasteiger partial charge in [-0.25, -0.2) is 13.1 Å². The average Bonchev–Trinajstić information content (AvgIpc) is 3.27. The molecular weight excluding hydrogens is 468 g/mol. The molecule has 0 atom stereocenters. The molecule has 34 heavy (non-hydrogen) atoms. The Morgan fingerprint density at radius 2 is 1.50 bits per heavy atom. The van der Waals surface area contributed by atoms with E-state index in [4.69, 9.17) is 0 Å². The molecule has 0 aliphatic heterocycles. The lowest BCUT2D eigenvalue weighted by Gasteiger charge is -2.19. The first-order valence-corrected chi connectivity index (χ1v) is 14.8. The summed E-state index contributed by atoms with van der Waals surface area (Å²) in [5.74, 6) is -0.904. The topological polar surface area (TPSA) is 86.7 Å². The van der Waals surface area contributed by atoms with E-state index >= 15 is 0 Å². The van der Waals surface area contributed by atoms with Gasteiger partial charge in [-0.1, -0.05) is 95.0 Å². The number of carbonyl (C=O) groups is 1. The zero-order valence-electron chi connectivity index (χ0n) is 20.4. The van der Waals surface area contributed by atoms with E-state index in [2.05, 4.69) is 11.6 Å². The highest BCUT2D eigenvalue weighted by Crippen LogP contribution is 2.23. The van der Waals surface area contributed by atoms with Crippen molar-refractivity contribution in [1.29, 1.82) is 0 Å². The Labute approximate surface area is 209 Å². The van der Waals surface area contributed by atoms with E-state index in [0.717, 1.165) is 29.7 Å². The standard InChI is InChI=1S/C26H40N2O4S2/c1-2-3-4-5-6-7-8-9-10-14-19-27-34(31,32)26-18-17-24(33-26)21-28(22-25(29)30)20-23-15-12-11-13-16-23/h11-13,15-18,27H,2-10,14,19-22H2,1H3,(H,29,30). The summed E-state index contributed by atoms with van der Waals surface area (Å²) in [5.41, 5.74) is 1.02. The largest absolute Gasteiger partial charge is 0.480 e. The molecule has 0 aliphatic carbocycles. The molecule has 8 heteroatoms. The van der Waals surface area contributed by atoms with Crippen LogP contribution in [0.2, 0.25) is 0 Å². The van der Waals surface area contributed by atoms with Crippen molar-refractivity contribution >= 4 is 27.3 Å². The summed E-state index contributed by atoms with van der Waals surface area (Å²) in [7, 11) is -3.53. The number of rotatable bonds is 19. The third kappa shape index (κ3) is 11.6. The molecule has 2 rings (SSSR count). The number of hydrogen-bond donors (Lipinski definition) is 2. The van der Waals surface area contributed by atoms with Gasteiger partial charge in [0.25, 0.3) is 0 Å².